The van der Waals surface area contributed by atoms with Crippen molar-refractivity contribution in [2.24, 2.45) is 0 Å². The maximum absolute atomic E-state index is 12.1. The van der Waals surface area contributed by atoms with Crippen molar-refractivity contribution < 1.29 is 13.9 Å². The molecule has 2 heterocycles. The van der Waals surface area contributed by atoms with Gasteiger partial charge in [0.1, 0.15) is 11.1 Å². The number of para-hydroxylation sites is 1. The maximum atomic E-state index is 12.1. The van der Waals surface area contributed by atoms with Gasteiger partial charge in [-0.05, 0) is 25.6 Å². The molecule has 6 heteroatoms. The van der Waals surface area contributed by atoms with Crippen LogP contribution in [-0.2, 0) is 4.74 Å². The normalized spacial score (nSPS) is 16.4. The lowest BCUT2D eigenvalue weighted by atomic mass is 10.2. The molecule has 0 amide bonds. The van der Waals surface area contributed by atoms with E-state index in [-0.39, 0.29) is 5.56 Å². The lowest BCUT2D eigenvalue weighted by molar-refractivity contribution is 0.0475. The standard InChI is InChI=1S/C18H22N2O4/c1-19-8-10-20(11-9-19)7-4-12-23-17(21)15-13-14-5-2-3-6-16(14)24-18(15)22/h2-3,5-6,13H,4,7-12H2,1H3. The number of likely N-dealkylation sites (N-methyl/N-ethyl adjacent to an activating group) is 1. The molecule has 0 N–H and O–H groups in total. The Morgan fingerprint density at radius 2 is 1.96 bits per heavy atom. The predicted octanol–water partition coefficient (Wildman–Crippen LogP) is 1.59. The maximum Gasteiger partial charge on any atom is 0.351 e. The third-order valence-corrected chi connectivity index (χ3v) is 4.31. The van der Waals surface area contributed by atoms with E-state index in [2.05, 4.69) is 16.8 Å². The fourth-order valence-electron chi connectivity index (χ4n) is 2.81. The van der Waals surface area contributed by atoms with Crippen LogP contribution in [0.1, 0.15) is 16.8 Å². The largest absolute Gasteiger partial charge is 0.462 e. The number of hydrogen-bond acceptors (Lipinski definition) is 6. The van der Waals surface area contributed by atoms with E-state index in [1.165, 1.54) is 6.07 Å². The van der Waals surface area contributed by atoms with Gasteiger partial charge in [-0.15, -0.1) is 0 Å². The van der Waals surface area contributed by atoms with Gasteiger partial charge in [0.2, 0.25) is 0 Å². The van der Waals surface area contributed by atoms with Crippen LogP contribution in [0.2, 0.25) is 0 Å². The number of carbonyl (C=O) groups is 1. The number of fused-ring (bicyclic) bond motifs is 1. The summed E-state index contributed by atoms with van der Waals surface area (Å²) < 4.78 is 10.4. The first-order valence-corrected chi connectivity index (χ1v) is 8.24. The molecule has 1 aromatic heterocycles. The number of esters is 1. The lowest BCUT2D eigenvalue weighted by Gasteiger charge is -2.32. The van der Waals surface area contributed by atoms with Crippen LogP contribution in [0.4, 0.5) is 0 Å². The van der Waals surface area contributed by atoms with Crippen LogP contribution in [0.25, 0.3) is 11.0 Å². The van der Waals surface area contributed by atoms with Gasteiger partial charge in [-0.25, -0.2) is 9.59 Å². The van der Waals surface area contributed by atoms with E-state index < -0.39 is 11.6 Å². The van der Waals surface area contributed by atoms with Gasteiger partial charge in [0.25, 0.3) is 0 Å². The van der Waals surface area contributed by atoms with Gasteiger partial charge < -0.3 is 19.0 Å². The first-order valence-electron chi connectivity index (χ1n) is 8.24. The minimum atomic E-state index is -0.655. The molecule has 1 fully saturated rings. The highest BCUT2D eigenvalue weighted by Crippen LogP contribution is 2.13. The molecule has 0 bridgehead atoms. The number of rotatable bonds is 5. The van der Waals surface area contributed by atoms with Gasteiger partial charge in [0.15, 0.2) is 0 Å². The zero-order valence-electron chi connectivity index (χ0n) is 13.9. The number of benzene rings is 1. The first kappa shape index (κ1) is 16.7. The average Bonchev–Trinajstić information content (AvgIpc) is 2.59. The smallest absolute Gasteiger partial charge is 0.351 e. The topological polar surface area (TPSA) is 63.0 Å². The Balaban J connectivity index is 1.52. The fourth-order valence-corrected chi connectivity index (χ4v) is 2.81. The molecular formula is C18H22N2O4. The van der Waals surface area contributed by atoms with Crippen molar-refractivity contribution in [1.82, 2.24) is 9.80 Å². The van der Waals surface area contributed by atoms with Gasteiger partial charge >= 0.3 is 11.6 Å². The van der Waals surface area contributed by atoms with E-state index in [0.717, 1.165) is 39.1 Å². The van der Waals surface area contributed by atoms with Gasteiger partial charge in [-0.1, -0.05) is 18.2 Å². The predicted molar refractivity (Wildman–Crippen MR) is 91.3 cm³/mol. The second-order valence-electron chi connectivity index (χ2n) is 6.12. The second-order valence-corrected chi connectivity index (χ2v) is 6.12. The zero-order valence-corrected chi connectivity index (χ0v) is 13.9. The minimum absolute atomic E-state index is 0.0479. The highest BCUT2D eigenvalue weighted by molar-refractivity contribution is 5.92. The van der Waals surface area contributed by atoms with Crippen molar-refractivity contribution in [2.75, 3.05) is 46.4 Å². The third-order valence-electron chi connectivity index (χ3n) is 4.31. The van der Waals surface area contributed by atoms with Gasteiger partial charge in [0.05, 0.1) is 6.61 Å². The van der Waals surface area contributed by atoms with E-state index in [0.29, 0.717) is 17.6 Å². The molecule has 24 heavy (non-hydrogen) atoms. The first-order chi connectivity index (χ1) is 11.6. The number of carbonyl (C=O) groups excluding carboxylic acids is 1. The molecule has 0 saturated carbocycles. The van der Waals surface area contributed by atoms with E-state index in [9.17, 15) is 9.59 Å². The van der Waals surface area contributed by atoms with E-state index >= 15 is 0 Å². The molecule has 1 aromatic carbocycles. The molecule has 1 aliphatic heterocycles. The van der Waals surface area contributed by atoms with Gasteiger partial charge in [-0.2, -0.15) is 0 Å². The van der Waals surface area contributed by atoms with Crippen LogP contribution in [0.5, 0.6) is 0 Å². The number of nitrogens with zero attached hydrogens (tertiary/aromatic N) is 2. The Kier molecular flexibility index (Phi) is 5.27. The molecule has 128 valence electrons. The number of hydrogen-bond donors (Lipinski definition) is 0. The monoisotopic (exact) mass is 330 g/mol. The van der Waals surface area contributed by atoms with Crippen LogP contribution >= 0.6 is 0 Å². The summed E-state index contributed by atoms with van der Waals surface area (Å²) in [4.78, 5) is 28.7. The summed E-state index contributed by atoms with van der Waals surface area (Å²) >= 11 is 0. The Morgan fingerprint density at radius 1 is 1.21 bits per heavy atom. The molecule has 0 aliphatic carbocycles. The molecule has 2 aromatic rings. The molecule has 0 spiro atoms. The van der Waals surface area contributed by atoms with Crippen molar-refractivity contribution in [3.63, 3.8) is 0 Å². The summed E-state index contributed by atoms with van der Waals surface area (Å²) in [6.07, 6.45) is 0.758. The lowest BCUT2D eigenvalue weighted by Crippen LogP contribution is -2.44. The number of piperazine rings is 1. The van der Waals surface area contributed by atoms with Crippen LogP contribution in [0.3, 0.4) is 0 Å². The summed E-state index contributed by atoms with van der Waals surface area (Å²) in [6.45, 7) is 5.41. The molecule has 0 unspecified atom stereocenters. The second kappa shape index (κ2) is 7.59. The highest BCUT2D eigenvalue weighted by atomic mass is 16.5. The Hall–Kier alpha value is -2.18. The minimum Gasteiger partial charge on any atom is -0.462 e. The van der Waals surface area contributed by atoms with Crippen molar-refractivity contribution in [2.45, 2.75) is 6.42 Å². The quantitative estimate of drug-likeness (QED) is 0.471. The zero-order chi connectivity index (χ0) is 16.9. The molecular weight excluding hydrogens is 308 g/mol. The van der Waals surface area contributed by atoms with Gasteiger partial charge in [-0.3, -0.25) is 0 Å². The van der Waals surface area contributed by atoms with Crippen LogP contribution < -0.4 is 5.63 Å². The van der Waals surface area contributed by atoms with Crippen molar-refractivity contribution in [1.29, 1.82) is 0 Å². The molecule has 1 saturated heterocycles. The molecule has 0 radical (unpaired) electrons. The molecule has 6 nitrogen and oxygen atoms in total. The van der Waals surface area contributed by atoms with Crippen LogP contribution in [-0.4, -0.2) is 62.1 Å². The Bertz CT molecular complexity index is 763. The third kappa shape index (κ3) is 4.01. The van der Waals surface area contributed by atoms with E-state index in [4.69, 9.17) is 9.15 Å². The summed E-state index contributed by atoms with van der Waals surface area (Å²) in [7, 11) is 2.12. The van der Waals surface area contributed by atoms with Crippen molar-refractivity contribution in [3.8, 4) is 0 Å². The Morgan fingerprint density at radius 3 is 2.75 bits per heavy atom. The van der Waals surface area contributed by atoms with Gasteiger partial charge in [0, 0.05) is 38.1 Å². The Labute approximate surface area is 140 Å². The molecule has 3 rings (SSSR count). The summed E-state index contributed by atoms with van der Waals surface area (Å²) in [6, 6.07) is 8.63. The highest BCUT2D eigenvalue weighted by Gasteiger charge is 2.16. The van der Waals surface area contributed by atoms with E-state index in [1.807, 2.05) is 6.07 Å². The SMILES string of the molecule is CN1CCN(CCCOC(=O)c2cc3ccccc3oc2=O)CC1. The molecule has 1 aliphatic rings. The fraction of sp³-hybridized carbons (Fsp3) is 0.444. The number of ether oxygens (including phenoxy) is 1. The summed E-state index contributed by atoms with van der Waals surface area (Å²) in [5.74, 6) is -0.618. The van der Waals surface area contributed by atoms with Crippen LogP contribution in [0, 0.1) is 0 Å². The summed E-state index contributed by atoms with van der Waals surface area (Å²) in [5.41, 5.74) is -0.236. The summed E-state index contributed by atoms with van der Waals surface area (Å²) in [5, 5.41) is 0.710. The average molecular weight is 330 g/mol. The molecule has 0 atom stereocenters. The van der Waals surface area contributed by atoms with E-state index in [1.54, 1.807) is 18.2 Å². The van der Waals surface area contributed by atoms with Crippen molar-refractivity contribution in [3.05, 3.63) is 46.3 Å². The van der Waals surface area contributed by atoms with Crippen molar-refractivity contribution >= 4 is 16.9 Å². The van der Waals surface area contributed by atoms with Crippen LogP contribution in [0.15, 0.2) is 39.5 Å².